The lowest BCUT2D eigenvalue weighted by molar-refractivity contribution is -0.303. The predicted octanol–water partition coefficient (Wildman–Crippen LogP) is 3.72. The highest BCUT2D eigenvalue weighted by Gasteiger charge is 2.84. The summed E-state index contributed by atoms with van der Waals surface area (Å²) >= 11 is 0. The second-order valence-electron chi connectivity index (χ2n) is 18.8. The molecule has 2 saturated heterocycles. The predicted molar refractivity (Wildman–Crippen MR) is 175 cm³/mol. The molecule has 7 rings (SSSR count). The van der Waals surface area contributed by atoms with Crippen molar-refractivity contribution in [1.29, 1.82) is 0 Å². The van der Waals surface area contributed by atoms with Crippen LogP contribution in [-0.4, -0.2) is 98.8 Å². The summed E-state index contributed by atoms with van der Waals surface area (Å²) in [6, 6.07) is 0. The van der Waals surface area contributed by atoms with Gasteiger partial charge < -0.3 is 44.5 Å². The normalized spacial score (nSPS) is 54.5. The van der Waals surface area contributed by atoms with E-state index in [9.17, 15) is 30.3 Å². The first-order chi connectivity index (χ1) is 22.3. The van der Waals surface area contributed by atoms with Gasteiger partial charge in [-0.15, -0.1) is 0 Å². The lowest BCUT2D eigenvalue weighted by Crippen LogP contribution is -2.61. The van der Waals surface area contributed by atoms with Crippen LogP contribution < -0.4 is 0 Å². The molecule has 2 aliphatic heterocycles. The van der Waals surface area contributed by atoms with Crippen LogP contribution in [0.3, 0.4) is 0 Å². The summed E-state index contributed by atoms with van der Waals surface area (Å²) in [5, 5.41) is 54.5. The van der Waals surface area contributed by atoms with Crippen molar-refractivity contribution in [3.63, 3.8) is 0 Å². The van der Waals surface area contributed by atoms with Gasteiger partial charge in [0.05, 0.1) is 36.6 Å². The molecule has 10 nitrogen and oxygen atoms in total. The number of fused-ring (bicyclic) bond motifs is 4. The van der Waals surface area contributed by atoms with Crippen molar-refractivity contribution >= 4 is 5.97 Å². The summed E-state index contributed by atoms with van der Waals surface area (Å²) in [5.41, 5.74) is -1.61. The van der Waals surface area contributed by atoms with Crippen molar-refractivity contribution in [2.24, 2.45) is 50.7 Å². The van der Waals surface area contributed by atoms with Crippen molar-refractivity contribution in [1.82, 2.24) is 0 Å². The summed E-state index contributed by atoms with van der Waals surface area (Å²) in [4.78, 5) is 12.4. The molecule has 17 atom stereocenters. The summed E-state index contributed by atoms with van der Waals surface area (Å²) in [6.07, 6.45) is 0.945. The Morgan fingerprint density at radius 3 is 2.29 bits per heavy atom. The van der Waals surface area contributed by atoms with Gasteiger partial charge in [0.15, 0.2) is 12.4 Å². The number of ether oxygens (including phenoxy) is 4. The molecule has 7 fully saturated rings. The molecule has 7 aliphatic rings. The number of aliphatic hydroxyl groups is 5. The first kappa shape index (κ1) is 35.5. The fraction of sp³-hybridized carbons (Fsp3) is 0.974. The fourth-order valence-corrected chi connectivity index (χ4v) is 13.7. The molecule has 2 spiro atoms. The number of hydrogen-bond donors (Lipinski definition) is 5. The average molecular weight is 679 g/mol. The molecule has 0 aromatic rings. The van der Waals surface area contributed by atoms with E-state index in [0.29, 0.717) is 18.3 Å². The third kappa shape index (κ3) is 4.61. The maximum Gasteiger partial charge on any atom is 0.305 e. The van der Waals surface area contributed by atoms with Gasteiger partial charge in [-0.3, -0.25) is 4.79 Å². The van der Waals surface area contributed by atoms with Crippen LogP contribution in [0.1, 0.15) is 113 Å². The van der Waals surface area contributed by atoms with E-state index in [4.69, 9.17) is 18.9 Å². The lowest BCUT2D eigenvalue weighted by atomic mass is 9.41. The second-order valence-corrected chi connectivity index (χ2v) is 18.8. The van der Waals surface area contributed by atoms with Crippen molar-refractivity contribution in [2.75, 3.05) is 6.61 Å². The lowest BCUT2D eigenvalue weighted by Gasteiger charge is -2.64. The number of aliphatic hydroxyl groups excluding tert-OH is 4. The molecule has 0 amide bonds. The fourth-order valence-electron chi connectivity index (χ4n) is 13.7. The quantitative estimate of drug-likeness (QED) is 0.207. The highest BCUT2D eigenvalue weighted by Crippen LogP contribution is 2.89. The van der Waals surface area contributed by atoms with Crippen LogP contribution in [0.25, 0.3) is 0 Å². The molecule has 0 bridgehead atoms. The Balaban J connectivity index is 1.14. The Morgan fingerprint density at radius 2 is 1.62 bits per heavy atom. The maximum atomic E-state index is 12.6. The molecule has 0 radical (unpaired) electrons. The van der Waals surface area contributed by atoms with Gasteiger partial charge in [-0.25, -0.2) is 0 Å². The Hall–Kier alpha value is -0.850. The van der Waals surface area contributed by atoms with E-state index in [1.54, 1.807) is 20.8 Å². The van der Waals surface area contributed by atoms with Gasteiger partial charge in [0.2, 0.25) is 0 Å². The zero-order valence-corrected chi connectivity index (χ0v) is 30.4. The smallest absolute Gasteiger partial charge is 0.305 e. The van der Waals surface area contributed by atoms with E-state index in [1.807, 2.05) is 0 Å². The molecular weight excluding hydrogens is 616 g/mol. The van der Waals surface area contributed by atoms with E-state index >= 15 is 0 Å². The van der Waals surface area contributed by atoms with Gasteiger partial charge in [-0.1, -0.05) is 41.5 Å². The van der Waals surface area contributed by atoms with Crippen LogP contribution >= 0.6 is 0 Å². The first-order valence-corrected chi connectivity index (χ1v) is 18.9. The highest BCUT2D eigenvalue weighted by molar-refractivity contribution is 5.69. The van der Waals surface area contributed by atoms with E-state index < -0.39 is 54.6 Å². The molecule has 5 N–H and O–H groups in total. The van der Waals surface area contributed by atoms with E-state index in [2.05, 4.69) is 34.6 Å². The van der Waals surface area contributed by atoms with Crippen LogP contribution in [-0.2, 0) is 23.7 Å². The second kappa shape index (κ2) is 11.3. The van der Waals surface area contributed by atoms with Gasteiger partial charge in [0.1, 0.15) is 18.3 Å². The molecule has 10 heteroatoms. The highest BCUT2D eigenvalue weighted by atomic mass is 16.7. The standard InChI is InChI=1S/C38H62O10/c1-9-25(40)48-31(34(5,6)44)21-16-19(2)26-29(46-21)30(43)36(8)23-11-10-22-33(3,4)24(47-32-28(42)27(41)20(39)17-45-32)12-13-37(22)18-38(23,37)15-14-35(26,36)7/h19-24,26-32,39,41-44H,9-18H2,1-8H3. The average Bonchev–Trinajstić information content (AvgIpc) is 3.65. The van der Waals surface area contributed by atoms with Crippen molar-refractivity contribution in [2.45, 2.75) is 174 Å². The van der Waals surface area contributed by atoms with Crippen molar-refractivity contribution in [3.05, 3.63) is 0 Å². The molecule has 274 valence electrons. The zero-order valence-electron chi connectivity index (χ0n) is 30.4. The minimum atomic E-state index is -1.30. The molecule has 2 heterocycles. The summed E-state index contributed by atoms with van der Waals surface area (Å²) in [7, 11) is 0. The van der Waals surface area contributed by atoms with E-state index in [-0.39, 0.29) is 64.0 Å². The maximum absolute atomic E-state index is 12.6. The van der Waals surface area contributed by atoms with Crippen molar-refractivity contribution in [3.8, 4) is 0 Å². The van der Waals surface area contributed by atoms with Crippen LogP contribution in [0, 0.1) is 50.7 Å². The number of carbonyl (C=O) groups excluding carboxylic acids is 1. The topological polar surface area (TPSA) is 155 Å². The van der Waals surface area contributed by atoms with E-state index in [1.165, 1.54) is 6.42 Å². The molecular formula is C38H62O10. The van der Waals surface area contributed by atoms with Gasteiger partial charge in [0, 0.05) is 11.8 Å². The summed E-state index contributed by atoms with van der Waals surface area (Å²) in [6.45, 7) is 16.6. The zero-order chi connectivity index (χ0) is 35.0. The minimum absolute atomic E-state index is 0.0682. The third-order valence-electron chi connectivity index (χ3n) is 16.1. The van der Waals surface area contributed by atoms with Gasteiger partial charge in [-0.05, 0) is 111 Å². The van der Waals surface area contributed by atoms with Crippen LogP contribution in [0.2, 0.25) is 0 Å². The largest absolute Gasteiger partial charge is 0.457 e. The van der Waals surface area contributed by atoms with E-state index in [0.717, 1.165) is 38.5 Å². The summed E-state index contributed by atoms with van der Waals surface area (Å²) in [5.74, 6) is 0.804. The Morgan fingerprint density at radius 1 is 0.958 bits per heavy atom. The van der Waals surface area contributed by atoms with Crippen LogP contribution in [0.15, 0.2) is 0 Å². The number of rotatable bonds is 6. The monoisotopic (exact) mass is 678 g/mol. The number of carbonyl (C=O) groups is 1. The summed E-state index contributed by atoms with van der Waals surface area (Å²) < 4.78 is 24.8. The SMILES string of the molecule is CCC(=O)OC(C1CC(C)C2C(O1)C(O)C1(C)C3CCC4C(C)(C)C(OC5OCC(O)C(O)C5O)CCC45CC35CCC21C)C(C)(C)O. The van der Waals surface area contributed by atoms with Crippen molar-refractivity contribution < 1.29 is 49.3 Å². The molecule has 0 aromatic heterocycles. The molecule has 48 heavy (non-hydrogen) atoms. The molecule has 17 unspecified atom stereocenters. The Kier molecular flexibility index (Phi) is 8.39. The van der Waals surface area contributed by atoms with Crippen LogP contribution in [0.5, 0.6) is 0 Å². The number of esters is 1. The van der Waals surface area contributed by atoms with Gasteiger partial charge in [-0.2, -0.15) is 0 Å². The first-order valence-electron chi connectivity index (χ1n) is 18.9. The number of hydrogen-bond acceptors (Lipinski definition) is 10. The van der Waals surface area contributed by atoms with Gasteiger partial charge in [0.25, 0.3) is 0 Å². The molecule has 5 saturated carbocycles. The molecule has 0 aromatic carbocycles. The minimum Gasteiger partial charge on any atom is -0.457 e. The third-order valence-corrected chi connectivity index (χ3v) is 16.1. The van der Waals surface area contributed by atoms with Gasteiger partial charge >= 0.3 is 5.97 Å². The molecule has 5 aliphatic carbocycles. The Bertz CT molecular complexity index is 1270. The van der Waals surface area contributed by atoms with Crippen LogP contribution in [0.4, 0.5) is 0 Å². The Labute approximate surface area is 286 Å².